The summed E-state index contributed by atoms with van der Waals surface area (Å²) in [5.74, 6) is 1.29. The minimum absolute atomic E-state index is 0. The monoisotopic (exact) mass is 576 g/mol. The van der Waals surface area contributed by atoms with Gasteiger partial charge in [-0.3, -0.25) is 4.79 Å². The number of carbonyl (C=O) groups is 1. The van der Waals surface area contributed by atoms with Crippen LogP contribution in [0.2, 0.25) is 0 Å². The Kier molecular flexibility index (Phi) is 11.7. The van der Waals surface area contributed by atoms with E-state index in [-0.39, 0.29) is 42.5 Å². The Hall–Kier alpha value is -2.81. The minimum atomic E-state index is -0.103. The molecule has 2 fully saturated rings. The molecular weight excluding hydrogens is 532 g/mol. The number of carbonyl (C=O) groups excluding carboxylic acids is 1. The van der Waals surface area contributed by atoms with Crippen molar-refractivity contribution in [2.45, 2.75) is 50.9 Å². The number of halogens is 1. The first-order valence-electron chi connectivity index (χ1n) is 13.9. The van der Waals surface area contributed by atoms with Crippen LogP contribution in [-0.2, 0) is 0 Å². The third kappa shape index (κ3) is 8.59. The van der Waals surface area contributed by atoms with Crippen LogP contribution in [0, 0.1) is 0 Å². The number of piperidine rings is 2. The molecule has 14 heteroatoms. The Morgan fingerprint density at radius 2 is 1.32 bits per heavy atom. The lowest BCUT2D eigenvalue weighted by Gasteiger charge is -2.37. The molecule has 0 bridgehead atoms. The second kappa shape index (κ2) is 14.7. The maximum Gasteiger partial charge on any atom is 0.251 e. The molecule has 2 aliphatic heterocycles. The third-order valence-corrected chi connectivity index (χ3v) is 7.22. The van der Waals surface area contributed by atoms with Crippen molar-refractivity contribution < 1.29 is 4.79 Å². The Morgan fingerprint density at radius 1 is 0.850 bits per heavy atom. The molecule has 1 amide bonds. The molecular formula is C26H45ClN12O. The van der Waals surface area contributed by atoms with Gasteiger partial charge in [0.15, 0.2) is 0 Å². The predicted octanol–water partition coefficient (Wildman–Crippen LogP) is -0.162. The van der Waals surface area contributed by atoms with Gasteiger partial charge < -0.3 is 48.3 Å². The van der Waals surface area contributed by atoms with Gasteiger partial charge >= 0.3 is 0 Å². The first-order chi connectivity index (χ1) is 18.7. The molecule has 0 radical (unpaired) electrons. The van der Waals surface area contributed by atoms with Crippen molar-refractivity contribution in [3.05, 3.63) is 29.8 Å². The van der Waals surface area contributed by atoms with Gasteiger partial charge in [0.05, 0.1) is 0 Å². The summed E-state index contributed by atoms with van der Waals surface area (Å²) in [7, 11) is 0. The van der Waals surface area contributed by atoms with Crippen LogP contribution in [0.15, 0.2) is 24.3 Å². The number of hydrogen-bond donors (Lipinski definition) is 6. The molecule has 10 N–H and O–H groups in total. The highest BCUT2D eigenvalue weighted by Gasteiger charge is 2.28. The lowest BCUT2D eigenvalue weighted by Crippen LogP contribution is -2.54. The lowest BCUT2D eigenvalue weighted by atomic mass is 10.0. The molecule has 1 aromatic heterocycles. The minimum Gasteiger partial charge on any atom is -0.351 e. The first-order valence-corrected chi connectivity index (χ1v) is 13.9. The lowest BCUT2D eigenvalue weighted by molar-refractivity contribution is 0.0949. The number of rotatable bonds is 10. The maximum absolute atomic E-state index is 12.6. The molecule has 2 aliphatic rings. The molecule has 0 spiro atoms. The number of anilines is 4. The van der Waals surface area contributed by atoms with Crippen LogP contribution in [0.5, 0.6) is 0 Å². The summed E-state index contributed by atoms with van der Waals surface area (Å²) in [5, 5.41) is 6.25. The van der Waals surface area contributed by atoms with Crippen molar-refractivity contribution >= 4 is 41.8 Å². The summed E-state index contributed by atoms with van der Waals surface area (Å²) >= 11 is 0. The zero-order valence-corrected chi connectivity index (χ0v) is 24.3. The predicted molar refractivity (Wildman–Crippen MR) is 162 cm³/mol. The molecule has 4 rings (SSSR count). The number of hydrogen-bond acceptors (Lipinski definition) is 12. The molecule has 222 valence electrons. The fourth-order valence-electron chi connectivity index (χ4n) is 5.18. The summed E-state index contributed by atoms with van der Waals surface area (Å²) in [4.78, 5) is 33.0. The Morgan fingerprint density at radius 3 is 1.77 bits per heavy atom. The summed E-state index contributed by atoms with van der Waals surface area (Å²) in [6.07, 6.45) is 1.51. The number of nitrogens with two attached hydrogens (primary N) is 4. The van der Waals surface area contributed by atoms with Gasteiger partial charge in [-0.15, -0.1) is 12.4 Å². The number of amides is 1. The van der Waals surface area contributed by atoms with Crippen LogP contribution in [0.3, 0.4) is 0 Å². The number of nitrogens with one attached hydrogen (secondary N) is 2. The smallest absolute Gasteiger partial charge is 0.251 e. The molecule has 0 unspecified atom stereocenters. The van der Waals surface area contributed by atoms with Gasteiger partial charge in [0, 0.05) is 74.7 Å². The second-order valence-corrected chi connectivity index (χ2v) is 10.6. The molecule has 0 aliphatic carbocycles. The molecule has 3 heterocycles. The van der Waals surface area contributed by atoms with Crippen molar-refractivity contribution in [2.75, 3.05) is 67.5 Å². The second-order valence-electron chi connectivity index (χ2n) is 10.6. The Bertz CT molecular complexity index is 1020. The quantitative estimate of drug-likeness (QED) is 0.219. The number of nitrogens with zero attached hydrogens (tertiary/aromatic N) is 6. The van der Waals surface area contributed by atoms with E-state index in [0.717, 1.165) is 38.2 Å². The highest BCUT2D eigenvalue weighted by Crippen LogP contribution is 2.24. The van der Waals surface area contributed by atoms with E-state index in [1.165, 1.54) is 0 Å². The zero-order valence-electron chi connectivity index (χ0n) is 23.5. The van der Waals surface area contributed by atoms with E-state index < -0.39 is 0 Å². The number of likely N-dealkylation sites (N-methyl/N-ethyl adjacent to an activating group) is 1. The van der Waals surface area contributed by atoms with Crippen molar-refractivity contribution in [3.63, 3.8) is 0 Å². The highest BCUT2D eigenvalue weighted by molar-refractivity contribution is 5.94. The molecule has 0 saturated carbocycles. The highest BCUT2D eigenvalue weighted by atomic mass is 35.5. The molecule has 40 heavy (non-hydrogen) atoms. The fraction of sp³-hybridized carbons (Fsp3) is 0.615. The van der Waals surface area contributed by atoms with Crippen molar-refractivity contribution in [3.8, 4) is 0 Å². The topological polar surface area (TPSA) is 194 Å². The Labute approximate surface area is 242 Å². The largest absolute Gasteiger partial charge is 0.351 e. The van der Waals surface area contributed by atoms with Gasteiger partial charge in [0.25, 0.3) is 5.91 Å². The van der Waals surface area contributed by atoms with Gasteiger partial charge in [-0.05, 0) is 50.2 Å². The van der Waals surface area contributed by atoms with Gasteiger partial charge in [-0.2, -0.15) is 15.0 Å². The molecule has 2 aromatic rings. The van der Waals surface area contributed by atoms with Crippen LogP contribution in [-0.4, -0.2) is 102 Å². The van der Waals surface area contributed by atoms with Crippen LogP contribution in [0.25, 0.3) is 0 Å². The van der Waals surface area contributed by atoms with Crippen LogP contribution in [0.4, 0.5) is 23.5 Å². The summed E-state index contributed by atoms with van der Waals surface area (Å²) in [6.45, 7) is 9.99. The van der Waals surface area contributed by atoms with Gasteiger partial charge in [-0.1, -0.05) is 13.8 Å². The molecule has 2 saturated heterocycles. The molecule has 1 aromatic carbocycles. The standard InChI is InChI=1S/C26H44N12O.ClH/c1-3-36(4-2)10-9-31-23(39)17-5-7-22(8-6-17)32-24-33-25(37-13-18(27)11-19(28)14-37)35-26(34-24)38-15-20(29)12-21(30)16-38;/h5-8,18-21H,3-4,9-16,27-30H2,1-2H3,(H,31,39)(H,32,33,34,35);1H/t18-,19+,20-,21+;. The summed E-state index contributed by atoms with van der Waals surface area (Å²) < 4.78 is 0. The van der Waals surface area contributed by atoms with E-state index in [4.69, 9.17) is 37.9 Å². The van der Waals surface area contributed by atoms with Crippen LogP contribution in [0.1, 0.15) is 37.0 Å². The van der Waals surface area contributed by atoms with E-state index in [0.29, 0.717) is 56.1 Å². The van der Waals surface area contributed by atoms with Crippen molar-refractivity contribution in [1.82, 2.24) is 25.2 Å². The van der Waals surface area contributed by atoms with Gasteiger partial charge in [0.2, 0.25) is 17.8 Å². The summed E-state index contributed by atoms with van der Waals surface area (Å²) in [5.41, 5.74) is 26.3. The first kappa shape index (κ1) is 31.7. The number of benzene rings is 1. The maximum atomic E-state index is 12.6. The van der Waals surface area contributed by atoms with Crippen LogP contribution >= 0.6 is 12.4 Å². The van der Waals surface area contributed by atoms with Crippen molar-refractivity contribution in [2.24, 2.45) is 22.9 Å². The molecule has 13 nitrogen and oxygen atoms in total. The third-order valence-electron chi connectivity index (χ3n) is 7.22. The zero-order chi connectivity index (χ0) is 27.9. The normalized spacial score (nSPS) is 23.1. The van der Waals surface area contributed by atoms with E-state index in [2.05, 4.69) is 29.4 Å². The van der Waals surface area contributed by atoms with Gasteiger partial charge in [-0.25, -0.2) is 0 Å². The summed E-state index contributed by atoms with van der Waals surface area (Å²) in [6, 6.07) is 6.98. The Balaban J connectivity index is 0.00000441. The van der Waals surface area contributed by atoms with E-state index >= 15 is 0 Å². The van der Waals surface area contributed by atoms with E-state index in [1.54, 1.807) is 12.1 Å². The van der Waals surface area contributed by atoms with E-state index in [1.807, 2.05) is 21.9 Å². The molecule has 4 atom stereocenters. The van der Waals surface area contributed by atoms with Crippen molar-refractivity contribution in [1.29, 1.82) is 0 Å². The SMILES string of the molecule is CCN(CC)CCNC(=O)c1ccc(Nc2nc(N3C[C@H](N)C[C@H](N)C3)nc(N3C[C@H](N)C[C@H](N)C3)n2)cc1.Cl. The van der Waals surface area contributed by atoms with Crippen LogP contribution < -0.4 is 43.4 Å². The van der Waals surface area contributed by atoms with Gasteiger partial charge in [0.1, 0.15) is 0 Å². The fourth-order valence-corrected chi connectivity index (χ4v) is 5.18. The average Bonchev–Trinajstić information content (AvgIpc) is 2.90. The average molecular weight is 577 g/mol. The number of aromatic nitrogens is 3. The van der Waals surface area contributed by atoms with E-state index in [9.17, 15) is 4.79 Å².